The van der Waals surface area contributed by atoms with Crippen molar-refractivity contribution in [3.63, 3.8) is 0 Å². The molecule has 0 N–H and O–H groups in total. The largest absolute Gasteiger partial charge is 0.454 e. The highest BCUT2D eigenvalue weighted by atomic mass is 16.7. The van der Waals surface area contributed by atoms with Crippen molar-refractivity contribution >= 4 is 11.4 Å². The van der Waals surface area contributed by atoms with Gasteiger partial charge in [-0.1, -0.05) is 35.9 Å². The molecule has 0 bridgehead atoms. The van der Waals surface area contributed by atoms with Crippen molar-refractivity contribution in [3.8, 4) is 11.5 Å². The summed E-state index contributed by atoms with van der Waals surface area (Å²) < 4.78 is 10.8. The molecule has 1 aliphatic carbocycles. The zero-order valence-corrected chi connectivity index (χ0v) is 13.0. The van der Waals surface area contributed by atoms with Gasteiger partial charge < -0.3 is 9.47 Å². The molecule has 0 aromatic heterocycles. The molecule has 116 valence electrons. The number of ether oxygens (including phenoxy) is 2. The van der Waals surface area contributed by atoms with Crippen molar-refractivity contribution in [3.05, 3.63) is 65.2 Å². The van der Waals surface area contributed by atoms with Crippen molar-refractivity contribution in [2.45, 2.75) is 25.7 Å². The van der Waals surface area contributed by atoms with E-state index in [-0.39, 0.29) is 18.5 Å². The van der Waals surface area contributed by atoms with E-state index >= 15 is 0 Å². The highest BCUT2D eigenvalue weighted by molar-refractivity contribution is 5.99. The lowest BCUT2D eigenvalue weighted by Gasteiger charge is -2.23. The van der Waals surface area contributed by atoms with Gasteiger partial charge in [0.1, 0.15) is 0 Å². The first-order valence-corrected chi connectivity index (χ1v) is 7.89. The van der Waals surface area contributed by atoms with Crippen LogP contribution in [0.3, 0.4) is 0 Å². The van der Waals surface area contributed by atoms with Crippen LogP contribution in [0, 0.1) is 6.92 Å². The normalized spacial score (nSPS) is 19.6. The van der Waals surface area contributed by atoms with Crippen LogP contribution in [0.1, 0.15) is 35.4 Å². The summed E-state index contributed by atoms with van der Waals surface area (Å²) in [5, 5.41) is 0. The van der Waals surface area contributed by atoms with Crippen LogP contribution in [0.4, 0.5) is 0 Å². The van der Waals surface area contributed by atoms with Crippen LogP contribution >= 0.6 is 0 Å². The quantitative estimate of drug-likeness (QED) is 0.832. The van der Waals surface area contributed by atoms with Crippen LogP contribution < -0.4 is 9.47 Å². The summed E-state index contributed by atoms with van der Waals surface area (Å²) in [6.07, 6.45) is 3.22. The number of carbonyl (C=O) groups is 1. The predicted molar refractivity (Wildman–Crippen MR) is 88.7 cm³/mol. The Morgan fingerprint density at radius 2 is 1.74 bits per heavy atom. The minimum Gasteiger partial charge on any atom is -0.454 e. The Hall–Kier alpha value is -2.55. The van der Waals surface area contributed by atoms with Gasteiger partial charge in [0.25, 0.3) is 0 Å². The van der Waals surface area contributed by atoms with Crippen molar-refractivity contribution in [2.24, 2.45) is 0 Å². The van der Waals surface area contributed by atoms with E-state index in [0.717, 1.165) is 34.6 Å². The van der Waals surface area contributed by atoms with Crippen molar-refractivity contribution in [1.29, 1.82) is 0 Å². The van der Waals surface area contributed by atoms with Gasteiger partial charge in [-0.25, -0.2) is 0 Å². The summed E-state index contributed by atoms with van der Waals surface area (Å²) in [6, 6.07) is 14.4. The van der Waals surface area contributed by atoms with E-state index in [1.165, 1.54) is 5.56 Å². The lowest BCUT2D eigenvalue weighted by Crippen LogP contribution is -2.12. The Bertz CT molecular complexity index is 787. The van der Waals surface area contributed by atoms with Gasteiger partial charge in [-0.2, -0.15) is 0 Å². The average Bonchev–Trinajstić information content (AvgIpc) is 3.02. The van der Waals surface area contributed by atoms with E-state index in [9.17, 15) is 4.79 Å². The van der Waals surface area contributed by atoms with Crippen molar-refractivity contribution in [2.75, 3.05) is 6.79 Å². The van der Waals surface area contributed by atoms with Crippen LogP contribution in [0.15, 0.2) is 48.5 Å². The predicted octanol–water partition coefficient (Wildman–Crippen LogP) is 4.25. The minimum absolute atomic E-state index is 0.189. The zero-order valence-electron chi connectivity index (χ0n) is 13.0. The molecule has 1 aliphatic heterocycles. The molecular formula is C20H18O3. The molecule has 2 aromatic carbocycles. The Morgan fingerprint density at radius 1 is 0.957 bits per heavy atom. The fraction of sp³-hybridized carbons (Fsp3) is 0.250. The number of carbonyl (C=O) groups excluding carboxylic acids is 1. The average molecular weight is 306 g/mol. The second kappa shape index (κ2) is 5.58. The molecule has 1 atom stereocenters. The SMILES string of the molecule is Cc1ccc(C2=CC(=O)C[C@H](c3ccc4c(c3)OCO4)C2)cc1. The van der Waals surface area contributed by atoms with Gasteiger partial charge in [-0.3, -0.25) is 4.79 Å². The van der Waals surface area contributed by atoms with Gasteiger partial charge in [0, 0.05) is 6.42 Å². The summed E-state index contributed by atoms with van der Waals surface area (Å²) in [7, 11) is 0. The number of rotatable bonds is 2. The molecule has 0 radical (unpaired) electrons. The highest BCUT2D eigenvalue weighted by Gasteiger charge is 2.25. The topological polar surface area (TPSA) is 35.5 Å². The third-order valence-electron chi connectivity index (χ3n) is 4.54. The third kappa shape index (κ3) is 2.74. The third-order valence-corrected chi connectivity index (χ3v) is 4.54. The lowest BCUT2D eigenvalue weighted by molar-refractivity contribution is -0.115. The number of fused-ring (bicyclic) bond motifs is 1. The molecular weight excluding hydrogens is 288 g/mol. The van der Waals surface area contributed by atoms with Crippen LogP contribution in [-0.2, 0) is 4.79 Å². The van der Waals surface area contributed by atoms with Crippen LogP contribution in [-0.4, -0.2) is 12.6 Å². The van der Waals surface area contributed by atoms with Crippen LogP contribution in [0.25, 0.3) is 5.57 Å². The summed E-state index contributed by atoms with van der Waals surface area (Å²) in [5.74, 6) is 1.94. The van der Waals surface area contributed by atoms with E-state index in [0.29, 0.717) is 6.42 Å². The maximum Gasteiger partial charge on any atom is 0.231 e. The second-order valence-electron chi connectivity index (χ2n) is 6.22. The summed E-state index contributed by atoms with van der Waals surface area (Å²) in [4.78, 5) is 12.2. The maximum absolute atomic E-state index is 12.2. The first-order chi connectivity index (χ1) is 11.2. The number of hydrogen-bond donors (Lipinski definition) is 0. The molecule has 0 unspecified atom stereocenters. The van der Waals surface area contributed by atoms with Gasteiger partial charge in [0.15, 0.2) is 17.3 Å². The summed E-state index contributed by atoms with van der Waals surface area (Å²) in [5.41, 5.74) is 4.61. The van der Waals surface area contributed by atoms with Gasteiger partial charge >= 0.3 is 0 Å². The summed E-state index contributed by atoms with van der Waals surface area (Å²) >= 11 is 0. The van der Waals surface area contributed by atoms with Crippen LogP contribution in [0.2, 0.25) is 0 Å². The Kier molecular flexibility index (Phi) is 3.41. The van der Waals surface area contributed by atoms with Gasteiger partial charge in [-0.05, 0) is 54.2 Å². The number of hydrogen-bond acceptors (Lipinski definition) is 3. The Balaban J connectivity index is 1.63. The monoisotopic (exact) mass is 306 g/mol. The van der Waals surface area contributed by atoms with E-state index in [1.54, 1.807) is 6.08 Å². The maximum atomic E-state index is 12.2. The highest BCUT2D eigenvalue weighted by Crippen LogP contribution is 2.40. The lowest BCUT2D eigenvalue weighted by atomic mass is 9.81. The molecule has 1 heterocycles. The molecule has 2 aromatic rings. The smallest absolute Gasteiger partial charge is 0.231 e. The molecule has 0 fully saturated rings. The molecule has 0 saturated heterocycles. The molecule has 2 aliphatic rings. The number of ketones is 1. The number of aryl methyl sites for hydroxylation is 1. The molecule has 23 heavy (non-hydrogen) atoms. The van der Waals surface area contributed by atoms with E-state index in [1.807, 2.05) is 18.2 Å². The second-order valence-corrected chi connectivity index (χ2v) is 6.22. The number of allylic oxidation sites excluding steroid dienone is 2. The fourth-order valence-electron chi connectivity index (χ4n) is 3.26. The van der Waals surface area contributed by atoms with Gasteiger partial charge in [0.05, 0.1) is 0 Å². The molecule has 0 spiro atoms. The first kappa shape index (κ1) is 14.1. The minimum atomic E-state index is 0.189. The molecule has 3 heteroatoms. The molecule has 4 rings (SSSR count). The Morgan fingerprint density at radius 3 is 2.57 bits per heavy atom. The summed E-state index contributed by atoms with van der Waals surface area (Å²) in [6.45, 7) is 2.34. The number of benzene rings is 2. The standard InChI is InChI=1S/C20H18O3/c1-13-2-4-14(5-3-13)16-8-17(10-18(21)9-16)15-6-7-19-20(11-15)23-12-22-19/h2-7,9,11,17H,8,10,12H2,1H3/t17-/m1/s1. The van der Waals surface area contributed by atoms with Gasteiger partial charge in [0.2, 0.25) is 6.79 Å². The molecule has 0 saturated carbocycles. The molecule has 3 nitrogen and oxygen atoms in total. The first-order valence-electron chi connectivity index (χ1n) is 7.89. The zero-order chi connectivity index (χ0) is 15.8. The Labute approximate surface area is 135 Å². The van der Waals surface area contributed by atoms with Crippen molar-refractivity contribution in [1.82, 2.24) is 0 Å². The van der Waals surface area contributed by atoms with Crippen molar-refractivity contribution < 1.29 is 14.3 Å². The van der Waals surface area contributed by atoms with Gasteiger partial charge in [-0.15, -0.1) is 0 Å². The van der Waals surface area contributed by atoms with E-state index in [4.69, 9.17) is 9.47 Å². The fourth-order valence-corrected chi connectivity index (χ4v) is 3.26. The van der Waals surface area contributed by atoms with E-state index in [2.05, 4.69) is 31.2 Å². The molecule has 0 amide bonds. The van der Waals surface area contributed by atoms with Crippen LogP contribution in [0.5, 0.6) is 11.5 Å². The van der Waals surface area contributed by atoms with E-state index < -0.39 is 0 Å².